The number of anilines is 2. The first-order chi connectivity index (χ1) is 9.75. The number of nitrogens with one attached hydrogen (secondary N) is 1. The summed E-state index contributed by atoms with van der Waals surface area (Å²) in [6.45, 7) is 6.25. The van der Waals surface area contributed by atoms with Gasteiger partial charge in [0.2, 0.25) is 0 Å². The molecule has 0 radical (unpaired) electrons. The molecule has 0 amide bonds. The Morgan fingerprint density at radius 3 is 2.32 bits per heavy atom. The zero-order chi connectivity index (χ0) is 15.6. The number of halogens is 4. The van der Waals surface area contributed by atoms with Crippen LogP contribution in [0.25, 0.3) is 6.20 Å². The zero-order valence-electron chi connectivity index (χ0n) is 12.2. The maximum Gasteiger partial charge on any atom is 0.339 e. The normalized spacial score (nSPS) is 10.8. The van der Waals surface area contributed by atoms with Crippen molar-refractivity contribution in [2.75, 3.05) is 5.32 Å². The fourth-order valence-electron chi connectivity index (χ4n) is 1.68. The van der Waals surface area contributed by atoms with E-state index in [1.165, 1.54) is 11.5 Å². The Morgan fingerprint density at radius 1 is 1.23 bits per heavy atom. The highest BCUT2D eigenvalue weighted by Gasteiger charge is 2.32. The quantitative estimate of drug-likeness (QED) is 0.804. The maximum atomic E-state index is 5.88. The smallest absolute Gasteiger partial charge is 0.339 e. The molecule has 1 aromatic carbocycles. The Balaban J connectivity index is 0.00000242. The first-order valence-corrected chi connectivity index (χ1v) is 8.15. The molecule has 2 rings (SSSR count). The summed E-state index contributed by atoms with van der Waals surface area (Å²) in [4.78, 5) is 4.63. The molecule has 22 heavy (non-hydrogen) atoms. The summed E-state index contributed by atoms with van der Waals surface area (Å²) in [6, 6.07) is 7.45. The predicted molar refractivity (Wildman–Crippen MR) is 91.7 cm³/mol. The summed E-state index contributed by atoms with van der Waals surface area (Å²) in [7, 11) is 0. The van der Waals surface area contributed by atoms with Crippen LogP contribution in [0.15, 0.2) is 28.8 Å². The van der Waals surface area contributed by atoms with Gasteiger partial charge in [0.15, 0.2) is 0 Å². The van der Waals surface area contributed by atoms with Gasteiger partial charge in [0.1, 0.15) is 22.2 Å². The second kappa shape index (κ2) is 7.84. The SMILES string of the molecule is CC(C)(C)c1nc(Nc2ccc(Cl)cc2)s[n+]1C=C(Cl)Cl.[Cl-]. The van der Waals surface area contributed by atoms with Gasteiger partial charge in [-0.05, 0) is 50.0 Å². The molecular formula is C14H15Cl4N3S. The van der Waals surface area contributed by atoms with E-state index in [0.29, 0.717) is 5.02 Å². The van der Waals surface area contributed by atoms with E-state index < -0.39 is 0 Å². The maximum absolute atomic E-state index is 5.88. The van der Waals surface area contributed by atoms with Gasteiger partial charge in [0, 0.05) is 10.7 Å². The monoisotopic (exact) mass is 397 g/mol. The van der Waals surface area contributed by atoms with Gasteiger partial charge >= 0.3 is 11.0 Å². The minimum Gasteiger partial charge on any atom is -1.00 e. The zero-order valence-corrected chi connectivity index (χ0v) is 16.0. The van der Waals surface area contributed by atoms with Crippen molar-refractivity contribution in [2.24, 2.45) is 0 Å². The minimum atomic E-state index is -0.129. The molecule has 3 nitrogen and oxygen atoms in total. The van der Waals surface area contributed by atoms with Crippen molar-refractivity contribution in [2.45, 2.75) is 26.2 Å². The van der Waals surface area contributed by atoms with E-state index in [-0.39, 0.29) is 22.3 Å². The van der Waals surface area contributed by atoms with Crippen LogP contribution in [0.1, 0.15) is 26.6 Å². The molecule has 1 aromatic heterocycles. The second-order valence-corrected chi connectivity index (χ2v) is 7.87. The van der Waals surface area contributed by atoms with Gasteiger partial charge < -0.3 is 17.7 Å². The first kappa shape index (κ1) is 19.5. The average molecular weight is 399 g/mol. The van der Waals surface area contributed by atoms with E-state index in [4.69, 9.17) is 34.8 Å². The highest BCUT2D eigenvalue weighted by molar-refractivity contribution is 7.06. The molecule has 0 atom stereocenters. The van der Waals surface area contributed by atoms with Gasteiger partial charge in [0.05, 0.1) is 5.41 Å². The lowest BCUT2D eigenvalue weighted by molar-refractivity contribution is -0.509. The van der Waals surface area contributed by atoms with Gasteiger partial charge in [0.25, 0.3) is 0 Å². The number of hydrogen-bond donors (Lipinski definition) is 1. The van der Waals surface area contributed by atoms with E-state index in [2.05, 4.69) is 31.1 Å². The molecule has 0 fully saturated rings. The van der Waals surface area contributed by atoms with Gasteiger partial charge in [-0.1, -0.05) is 34.8 Å². The van der Waals surface area contributed by atoms with E-state index in [1.807, 2.05) is 28.2 Å². The third kappa shape index (κ3) is 5.28. The molecule has 0 aliphatic rings. The molecule has 1 N–H and O–H groups in total. The third-order valence-electron chi connectivity index (χ3n) is 2.58. The predicted octanol–water partition coefficient (Wildman–Crippen LogP) is 2.36. The Morgan fingerprint density at radius 2 is 1.82 bits per heavy atom. The highest BCUT2D eigenvalue weighted by atomic mass is 35.5. The van der Waals surface area contributed by atoms with Crippen LogP contribution in [0, 0.1) is 0 Å². The molecule has 1 heterocycles. The number of aromatic nitrogens is 2. The van der Waals surface area contributed by atoms with Crippen molar-refractivity contribution in [1.29, 1.82) is 0 Å². The first-order valence-electron chi connectivity index (χ1n) is 6.24. The van der Waals surface area contributed by atoms with E-state index >= 15 is 0 Å². The van der Waals surface area contributed by atoms with Gasteiger partial charge in [-0.15, -0.1) is 3.96 Å². The third-order valence-corrected chi connectivity index (χ3v) is 3.87. The van der Waals surface area contributed by atoms with Crippen molar-refractivity contribution in [3.05, 3.63) is 39.6 Å². The Hall–Kier alpha value is -0.520. The summed E-state index contributed by atoms with van der Waals surface area (Å²) < 4.78 is 2.06. The van der Waals surface area contributed by atoms with Gasteiger partial charge in [-0.2, -0.15) is 0 Å². The fraction of sp³-hybridized carbons (Fsp3) is 0.286. The summed E-state index contributed by atoms with van der Waals surface area (Å²) in [5.41, 5.74) is 0.789. The molecule has 0 aliphatic heterocycles. The number of benzene rings is 1. The number of hydrogen-bond acceptors (Lipinski definition) is 3. The Kier molecular flexibility index (Phi) is 6.96. The van der Waals surface area contributed by atoms with E-state index in [1.54, 1.807) is 6.20 Å². The highest BCUT2D eigenvalue weighted by Crippen LogP contribution is 2.25. The lowest BCUT2D eigenvalue weighted by Gasteiger charge is -2.08. The van der Waals surface area contributed by atoms with Crippen LogP contribution in [0.2, 0.25) is 5.02 Å². The Labute approximate surface area is 155 Å². The molecule has 8 heteroatoms. The molecule has 0 saturated carbocycles. The van der Waals surface area contributed by atoms with Gasteiger partial charge in [-0.25, -0.2) is 0 Å². The van der Waals surface area contributed by atoms with Crippen molar-refractivity contribution in [1.82, 2.24) is 4.98 Å². The average Bonchev–Trinajstić information content (AvgIpc) is 2.74. The molecule has 0 aliphatic carbocycles. The van der Waals surface area contributed by atoms with E-state index in [0.717, 1.165) is 16.6 Å². The van der Waals surface area contributed by atoms with Crippen molar-refractivity contribution in [3.63, 3.8) is 0 Å². The van der Waals surface area contributed by atoms with Crippen LogP contribution in [0.5, 0.6) is 0 Å². The largest absolute Gasteiger partial charge is 1.00 e. The van der Waals surface area contributed by atoms with Crippen LogP contribution in [0.4, 0.5) is 10.8 Å². The van der Waals surface area contributed by atoms with Crippen molar-refractivity contribution in [3.8, 4) is 0 Å². The fourth-order valence-corrected chi connectivity index (χ4v) is 3.16. The van der Waals surface area contributed by atoms with Gasteiger partial charge in [-0.3, -0.25) is 0 Å². The van der Waals surface area contributed by atoms with Crippen molar-refractivity contribution < 1.29 is 16.4 Å². The standard InChI is InChI=1S/C14H14Cl3N3S.ClH/c1-14(2,3)12-19-13(21-20(12)8-11(16)17)18-10-6-4-9(15)5-7-10;/h4-8H,1-3H3;1H. The summed E-state index contributed by atoms with van der Waals surface area (Å²) >= 11 is 18.9. The number of nitrogens with zero attached hydrogens (tertiary/aromatic N) is 2. The van der Waals surface area contributed by atoms with Crippen LogP contribution in [0.3, 0.4) is 0 Å². The lowest BCUT2D eigenvalue weighted by atomic mass is 9.96. The molecular weight excluding hydrogens is 384 g/mol. The molecule has 0 bridgehead atoms. The second-order valence-electron chi connectivity index (χ2n) is 5.46. The van der Waals surface area contributed by atoms with Crippen LogP contribution in [-0.4, -0.2) is 4.98 Å². The van der Waals surface area contributed by atoms with Crippen LogP contribution in [-0.2, 0) is 5.41 Å². The Bertz CT molecular complexity index is 656. The minimum absolute atomic E-state index is 0. The molecule has 2 aromatic rings. The molecule has 120 valence electrons. The molecule has 0 unspecified atom stereocenters. The summed E-state index contributed by atoms with van der Waals surface area (Å²) in [5.74, 6) is 0.878. The topological polar surface area (TPSA) is 28.8 Å². The lowest BCUT2D eigenvalue weighted by Crippen LogP contribution is -3.00. The van der Waals surface area contributed by atoms with Crippen molar-refractivity contribution >= 4 is 63.4 Å². The summed E-state index contributed by atoms with van der Waals surface area (Å²) in [5, 5.41) is 4.70. The van der Waals surface area contributed by atoms with Crippen LogP contribution < -0.4 is 21.7 Å². The molecule has 0 spiro atoms. The number of rotatable bonds is 3. The van der Waals surface area contributed by atoms with Crippen LogP contribution >= 0.6 is 46.3 Å². The summed E-state index contributed by atoms with van der Waals surface area (Å²) in [6.07, 6.45) is 1.65. The van der Waals surface area contributed by atoms with E-state index in [9.17, 15) is 0 Å². The molecule has 0 saturated heterocycles.